The lowest BCUT2D eigenvalue weighted by molar-refractivity contribution is 0.0935. The van der Waals surface area contributed by atoms with Crippen LogP contribution in [0.15, 0.2) is 16.7 Å². The Balaban J connectivity index is 2.07. The molecule has 1 heterocycles. The molecule has 1 aromatic rings. The van der Waals surface area contributed by atoms with Crippen LogP contribution >= 0.6 is 15.9 Å². The molecule has 0 spiro atoms. The van der Waals surface area contributed by atoms with Crippen molar-refractivity contribution in [3.63, 3.8) is 0 Å². The highest BCUT2D eigenvalue weighted by molar-refractivity contribution is 9.10. The van der Waals surface area contributed by atoms with E-state index in [-0.39, 0.29) is 5.91 Å². The number of aromatic nitrogens is 1. The quantitative estimate of drug-likeness (QED) is 0.909. The Morgan fingerprint density at radius 2 is 2.24 bits per heavy atom. The van der Waals surface area contributed by atoms with Crippen molar-refractivity contribution in [2.24, 2.45) is 5.41 Å². The maximum atomic E-state index is 12.1. The van der Waals surface area contributed by atoms with E-state index in [0.29, 0.717) is 11.5 Å². The topological polar surface area (TPSA) is 34.0 Å². The van der Waals surface area contributed by atoms with Gasteiger partial charge in [0, 0.05) is 23.3 Å². The van der Waals surface area contributed by atoms with Crippen LogP contribution in [0.3, 0.4) is 0 Å². The fourth-order valence-electron chi connectivity index (χ4n) is 1.83. The fraction of sp³-hybridized carbons (Fsp3) is 0.615. The summed E-state index contributed by atoms with van der Waals surface area (Å²) in [5, 5.41) is 3.03. The number of hydrogen-bond acceptors (Lipinski definition) is 1. The van der Waals surface area contributed by atoms with Crippen molar-refractivity contribution in [1.29, 1.82) is 0 Å². The van der Waals surface area contributed by atoms with E-state index in [0.717, 1.165) is 16.7 Å². The summed E-state index contributed by atoms with van der Waals surface area (Å²) in [6.07, 6.45) is 4.41. The fourth-order valence-corrected chi connectivity index (χ4v) is 2.27. The van der Waals surface area contributed by atoms with E-state index in [2.05, 4.69) is 42.0 Å². The molecule has 0 atom stereocenters. The number of carbonyl (C=O) groups excluding carboxylic acids is 1. The van der Waals surface area contributed by atoms with Crippen LogP contribution in [-0.4, -0.2) is 17.0 Å². The molecule has 17 heavy (non-hydrogen) atoms. The highest BCUT2D eigenvalue weighted by Crippen LogP contribution is 2.44. The SMILES string of the molecule is CC(C)n1cc(Br)cc1C(=O)NCC1(C)CC1. The summed E-state index contributed by atoms with van der Waals surface area (Å²) >= 11 is 3.42. The molecule has 1 aliphatic rings. The molecular weight excluding hydrogens is 280 g/mol. The molecular formula is C13H19BrN2O. The van der Waals surface area contributed by atoms with Gasteiger partial charge in [-0.2, -0.15) is 0 Å². The van der Waals surface area contributed by atoms with Gasteiger partial charge in [0.2, 0.25) is 0 Å². The molecule has 0 saturated heterocycles. The average Bonchev–Trinajstić information content (AvgIpc) is 2.85. The Kier molecular flexibility index (Phi) is 3.34. The molecule has 94 valence electrons. The van der Waals surface area contributed by atoms with E-state index >= 15 is 0 Å². The third-order valence-electron chi connectivity index (χ3n) is 3.38. The van der Waals surface area contributed by atoms with Crippen molar-refractivity contribution in [3.8, 4) is 0 Å². The number of nitrogens with one attached hydrogen (secondary N) is 1. The predicted octanol–water partition coefficient (Wildman–Crippen LogP) is 3.36. The van der Waals surface area contributed by atoms with Crippen molar-refractivity contribution in [2.45, 2.75) is 39.7 Å². The molecule has 1 N–H and O–H groups in total. The zero-order valence-corrected chi connectivity index (χ0v) is 12.2. The molecule has 1 saturated carbocycles. The van der Waals surface area contributed by atoms with Gasteiger partial charge in [0.05, 0.1) is 0 Å². The Labute approximate surface area is 111 Å². The van der Waals surface area contributed by atoms with Crippen LogP contribution in [0, 0.1) is 5.41 Å². The second-order valence-electron chi connectivity index (χ2n) is 5.54. The van der Waals surface area contributed by atoms with Crippen LogP contribution in [0.4, 0.5) is 0 Å². The lowest BCUT2D eigenvalue weighted by atomic mass is 10.1. The number of amides is 1. The molecule has 2 rings (SSSR count). The average molecular weight is 299 g/mol. The summed E-state index contributed by atoms with van der Waals surface area (Å²) < 4.78 is 2.95. The maximum absolute atomic E-state index is 12.1. The third-order valence-corrected chi connectivity index (χ3v) is 3.82. The number of carbonyl (C=O) groups is 1. The van der Waals surface area contributed by atoms with Gasteiger partial charge in [0.25, 0.3) is 5.91 Å². The van der Waals surface area contributed by atoms with Gasteiger partial charge in [0.1, 0.15) is 5.69 Å². The van der Waals surface area contributed by atoms with Gasteiger partial charge < -0.3 is 9.88 Å². The number of nitrogens with zero attached hydrogens (tertiary/aromatic N) is 1. The Hall–Kier alpha value is -0.770. The first-order valence-corrected chi connectivity index (χ1v) is 6.86. The Morgan fingerprint density at radius 1 is 1.59 bits per heavy atom. The molecule has 4 heteroatoms. The van der Waals surface area contributed by atoms with Crippen molar-refractivity contribution >= 4 is 21.8 Å². The predicted molar refractivity (Wildman–Crippen MR) is 72.2 cm³/mol. The van der Waals surface area contributed by atoms with Crippen molar-refractivity contribution in [2.75, 3.05) is 6.54 Å². The first kappa shape index (κ1) is 12.7. The van der Waals surface area contributed by atoms with E-state index < -0.39 is 0 Å². The van der Waals surface area contributed by atoms with Crippen LogP contribution in [0.1, 0.15) is 50.1 Å². The molecule has 1 aliphatic carbocycles. The standard InChI is InChI=1S/C13H19BrN2O/c1-9(2)16-7-10(14)6-11(16)12(17)15-8-13(3)4-5-13/h6-7,9H,4-5,8H2,1-3H3,(H,15,17). The van der Waals surface area contributed by atoms with Gasteiger partial charge in [-0.3, -0.25) is 4.79 Å². The smallest absolute Gasteiger partial charge is 0.267 e. The number of hydrogen-bond donors (Lipinski definition) is 1. The van der Waals surface area contributed by atoms with Gasteiger partial charge in [-0.15, -0.1) is 0 Å². The molecule has 0 aromatic carbocycles. The molecule has 1 fully saturated rings. The van der Waals surface area contributed by atoms with E-state index in [9.17, 15) is 4.79 Å². The summed E-state index contributed by atoms with van der Waals surface area (Å²) in [5.41, 5.74) is 1.08. The lowest BCUT2D eigenvalue weighted by Gasteiger charge is -2.14. The van der Waals surface area contributed by atoms with Crippen LogP contribution in [-0.2, 0) is 0 Å². The van der Waals surface area contributed by atoms with E-state index in [1.807, 2.05) is 16.8 Å². The normalized spacial score (nSPS) is 17.2. The van der Waals surface area contributed by atoms with Crippen molar-refractivity contribution in [1.82, 2.24) is 9.88 Å². The van der Waals surface area contributed by atoms with Gasteiger partial charge in [0.15, 0.2) is 0 Å². The van der Waals surface area contributed by atoms with E-state index in [1.54, 1.807) is 0 Å². The van der Waals surface area contributed by atoms with Crippen LogP contribution in [0.5, 0.6) is 0 Å². The molecule has 1 amide bonds. The zero-order chi connectivity index (χ0) is 12.6. The number of rotatable bonds is 4. The first-order chi connectivity index (χ1) is 7.91. The zero-order valence-electron chi connectivity index (χ0n) is 10.6. The minimum atomic E-state index is 0.0255. The molecule has 0 bridgehead atoms. The van der Waals surface area contributed by atoms with Gasteiger partial charge in [-0.1, -0.05) is 6.92 Å². The summed E-state index contributed by atoms with van der Waals surface area (Å²) in [7, 11) is 0. The summed E-state index contributed by atoms with van der Waals surface area (Å²) in [5.74, 6) is 0.0255. The summed E-state index contributed by atoms with van der Waals surface area (Å²) in [6.45, 7) is 7.15. The minimum absolute atomic E-state index is 0.0255. The van der Waals surface area contributed by atoms with Crippen molar-refractivity contribution < 1.29 is 4.79 Å². The van der Waals surface area contributed by atoms with Crippen LogP contribution < -0.4 is 5.32 Å². The van der Waals surface area contributed by atoms with E-state index in [4.69, 9.17) is 0 Å². The summed E-state index contributed by atoms with van der Waals surface area (Å²) in [4.78, 5) is 12.1. The van der Waals surface area contributed by atoms with Gasteiger partial charge in [-0.05, 0) is 54.1 Å². The van der Waals surface area contributed by atoms with Crippen LogP contribution in [0.2, 0.25) is 0 Å². The molecule has 3 nitrogen and oxygen atoms in total. The van der Waals surface area contributed by atoms with Gasteiger partial charge in [-0.25, -0.2) is 0 Å². The minimum Gasteiger partial charge on any atom is -0.350 e. The van der Waals surface area contributed by atoms with Crippen LogP contribution in [0.25, 0.3) is 0 Å². The third kappa shape index (κ3) is 2.92. The second kappa shape index (κ2) is 4.48. The number of halogens is 1. The van der Waals surface area contributed by atoms with Gasteiger partial charge >= 0.3 is 0 Å². The molecule has 0 aliphatic heterocycles. The summed E-state index contributed by atoms with van der Waals surface area (Å²) in [6, 6.07) is 2.17. The van der Waals surface area contributed by atoms with E-state index in [1.165, 1.54) is 12.8 Å². The molecule has 0 unspecified atom stereocenters. The van der Waals surface area contributed by atoms with Crippen molar-refractivity contribution in [3.05, 3.63) is 22.4 Å². The Morgan fingerprint density at radius 3 is 2.76 bits per heavy atom. The highest BCUT2D eigenvalue weighted by Gasteiger charge is 2.37. The lowest BCUT2D eigenvalue weighted by Crippen LogP contribution is -2.30. The Bertz CT molecular complexity index is 433. The molecule has 0 radical (unpaired) electrons. The first-order valence-electron chi connectivity index (χ1n) is 6.07. The second-order valence-corrected chi connectivity index (χ2v) is 6.45. The largest absolute Gasteiger partial charge is 0.350 e. The highest BCUT2D eigenvalue weighted by atomic mass is 79.9. The maximum Gasteiger partial charge on any atom is 0.267 e. The monoisotopic (exact) mass is 298 g/mol. The molecule has 1 aromatic heterocycles.